The molecule has 1 heterocycles. The van der Waals surface area contributed by atoms with E-state index < -0.39 is 20.6 Å². The van der Waals surface area contributed by atoms with E-state index in [4.69, 9.17) is 17.3 Å². The minimum absolute atomic E-state index is 0.112. The second-order valence-electron chi connectivity index (χ2n) is 3.95. The van der Waals surface area contributed by atoms with Crippen molar-refractivity contribution < 1.29 is 13.3 Å². The average Bonchev–Trinajstić information content (AvgIpc) is 2.24. The Balaban J connectivity index is 2.48. The molecule has 98 valence electrons. The van der Waals surface area contributed by atoms with Crippen molar-refractivity contribution in [2.75, 3.05) is 13.1 Å². The number of sulfonamides is 1. The third-order valence-corrected chi connectivity index (χ3v) is 4.73. The number of rotatable bonds is 3. The van der Waals surface area contributed by atoms with E-state index in [0.717, 1.165) is 16.4 Å². The number of nitro groups is 1. The van der Waals surface area contributed by atoms with Gasteiger partial charge in [0.1, 0.15) is 0 Å². The number of hydrogen-bond acceptors (Lipinski definition) is 5. The molecule has 0 aliphatic carbocycles. The van der Waals surface area contributed by atoms with E-state index in [1.165, 1.54) is 6.07 Å². The summed E-state index contributed by atoms with van der Waals surface area (Å²) in [5.74, 6) is 0. The Hall–Kier alpha value is -1.22. The molecule has 0 aromatic heterocycles. The molecule has 1 aromatic rings. The molecule has 18 heavy (non-hydrogen) atoms. The Labute approximate surface area is 108 Å². The minimum Gasteiger partial charge on any atom is -0.325 e. The zero-order valence-electron chi connectivity index (χ0n) is 9.11. The van der Waals surface area contributed by atoms with Gasteiger partial charge in [0.2, 0.25) is 10.0 Å². The first-order valence-electron chi connectivity index (χ1n) is 5.02. The monoisotopic (exact) mass is 291 g/mol. The number of nitrogens with two attached hydrogens (primary N) is 1. The molecule has 0 bridgehead atoms. The van der Waals surface area contributed by atoms with Gasteiger partial charge in [-0.15, -0.1) is 0 Å². The van der Waals surface area contributed by atoms with Crippen LogP contribution in [0.25, 0.3) is 0 Å². The molecule has 1 aliphatic rings. The summed E-state index contributed by atoms with van der Waals surface area (Å²) in [6.07, 6.45) is 0. The first kappa shape index (κ1) is 13.2. The quantitative estimate of drug-likeness (QED) is 0.647. The summed E-state index contributed by atoms with van der Waals surface area (Å²) in [4.78, 5) is 9.73. The molecule has 1 aromatic carbocycles. The predicted octanol–water partition coefficient (Wildman–Crippen LogP) is 0.580. The van der Waals surface area contributed by atoms with E-state index in [9.17, 15) is 18.5 Å². The van der Waals surface area contributed by atoms with Crippen LogP contribution >= 0.6 is 11.6 Å². The van der Waals surface area contributed by atoms with Crippen LogP contribution in [0.1, 0.15) is 0 Å². The van der Waals surface area contributed by atoms with Gasteiger partial charge in [0.05, 0.1) is 4.92 Å². The van der Waals surface area contributed by atoms with Gasteiger partial charge < -0.3 is 5.73 Å². The number of halogens is 1. The van der Waals surface area contributed by atoms with Crippen molar-refractivity contribution in [2.45, 2.75) is 10.9 Å². The van der Waals surface area contributed by atoms with Crippen molar-refractivity contribution in [1.82, 2.24) is 4.31 Å². The van der Waals surface area contributed by atoms with Crippen LogP contribution in [0.2, 0.25) is 5.02 Å². The Kier molecular flexibility index (Phi) is 3.28. The largest absolute Gasteiger partial charge is 0.325 e. The summed E-state index contributed by atoms with van der Waals surface area (Å²) in [5.41, 5.74) is 4.98. The third-order valence-electron chi connectivity index (χ3n) is 2.61. The lowest BCUT2D eigenvalue weighted by Crippen LogP contribution is -2.57. The van der Waals surface area contributed by atoms with Crippen LogP contribution in [0.4, 0.5) is 5.69 Å². The lowest BCUT2D eigenvalue weighted by molar-refractivity contribution is -0.387. The molecule has 0 amide bonds. The Morgan fingerprint density at radius 2 is 2.06 bits per heavy atom. The number of nitrogens with zero attached hydrogens (tertiary/aromatic N) is 2. The van der Waals surface area contributed by atoms with Crippen LogP contribution in [-0.4, -0.2) is 36.8 Å². The summed E-state index contributed by atoms with van der Waals surface area (Å²) in [6.45, 7) is 0.338. The van der Waals surface area contributed by atoms with E-state index >= 15 is 0 Å². The number of benzene rings is 1. The second kappa shape index (κ2) is 4.47. The van der Waals surface area contributed by atoms with E-state index in [1.807, 2.05) is 0 Å². The van der Waals surface area contributed by atoms with Gasteiger partial charge in [-0.25, -0.2) is 8.42 Å². The SMILES string of the molecule is NC1CN(S(=O)(=O)c2ccc(Cl)cc2[N+](=O)[O-])C1. The van der Waals surface area contributed by atoms with Crippen molar-refractivity contribution in [1.29, 1.82) is 0 Å². The number of hydrogen-bond donors (Lipinski definition) is 1. The zero-order valence-corrected chi connectivity index (χ0v) is 10.7. The van der Waals surface area contributed by atoms with Crippen LogP contribution in [-0.2, 0) is 10.0 Å². The third kappa shape index (κ3) is 2.19. The molecule has 0 spiro atoms. The van der Waals surface area contributed by atoms with Gasteiger partial charge in [-0.1, -0.05) is 11.6 Å². The first-order valence-corrected chi connectivity index (χ1v) is 6.84. The molecule has 0 radical (unpaired) electrons. The molecule has 2 N–H and O–H groups in total. The summed E-state index contributed by atoms with van der Waals surface area (Å²) in [6, 6.07) is 3.25. The molecule has 2 rings (SSSR count). The van der Waals surface area contributed by atoms with Crippen LogP contribution in [0.15, 0.2) is 23.1 Å². The topological polar surface area (TPSA) is 107 Å². The van der Waals surface area contributed by atoms with E-state index in [1.54, 1.807) is 0 Å². The summed E-state index contributed by atoms with van der Waals surface area (Å²) < 4.78 is 25.3. The van der Waals surface area contributed by atoms with Gasteiger partial charge in [-0.3, -0.25) is 10.1 Å². The highest BCUT2D eigenvalue weighted by molar-refractivity contribution is 7.89. The van der Waals surface area contributed by atoms with Crippen molar-refractivity contribution in [2.24, 2.45) is 5.73 Å². The number of nitro benzene ring substituents is 1. The van der Waals surface area contributed by atoms with Gasteiger partial charge in [0, 0.05) is 30.2 Å². The van der Waals surface area contributed by atoms with Crippen LogP contribution in [0.5, 0.6) is 0 Å². The molecular formula is C9H10ClN3O4S. The zero-order chi connectivity index (χ0) is 13.5. The predicted molar refractivity (Wildman–Crippen MR) is 64.8 cm³/mol. The lowest BCUT2D eigenvalue weighted by atomic mass is 10.2. The Bertz CT molecular complexity index is 598. The molecule has 7 nitrogen and oxygen atoms in total. The van der Waals surface area contributed by atoms with Crippen molar-refractivity contribution in [3.8, 4) is 0 Å². The molecule has 9 heteroatoms. The molecule has 0 atom stereocenters. The second-order valence-corrected chi connectivity index (χ2v) is 6.29. The highest BCUT2D eigenvalue weighted by Gasteiger charge is 2.38. The Morgan fingerprint density at radius 3 is 2.56 bits per heavy atom. The molecule has 1 aliphatic heterocycles. The van der Waals surface area contributed by atoms with Crippen molar-refractivity contribution >= 4 is 27.3 Å². The summed E-state index contributed by atoms with van der Waals surface area (Å²) in [5, 5.41) is 11.0. The fraction of sp³-hybridized carbons (Fsp3) is 0.333. The van der Waals surface area contributed by atoms with Crippen molar-refractivity contribution in [3.63, 3.8) is 0 Å². The smallest absolute Gasteiger partial charge is 0.290 e. The van der Waals surface area contributed by atoms with Gasteiger partial charge >= 0.3 is 0 Å². The van der Waals surface area contributed by atoms with E-state index in [2.05, 4.69) is 0 Å². The van der Waals surface area contributed by atoms with Crippen LogP contribution in [0, 0.1) is 10.1 Å². The van der Waals surface area contributed by atoms with E-state index in [-0.39, 0.29) is 29.0 Å². The fourth-order valence-electron chi connectivity index (χ4n) is 1.66. The summed E-state index contributed by atoms with van der Waals surface area (Å²) in [7, 11) is -3.87. The lowest BCUT2D eigenvalue weighted by Gasteiger charge is -2.35. The molecule has 0 saturated carbocycles. The first-order chi connectivity index (χ1) is 8.32. The molecule has 1 fully saturated rings. The fourth-order valence-corrected chi connectivity index (χ4v) is 3.51. The maximum absolute atomic E-state index is 12.1. The van der Waals surface area contributed by atoms with Gasteiger partial charge in [-0.05, 0) is 12.1 Å². The maximum Gasteiger partial charge on any atom is 0.290 e. The molecular weight excluding hydrogens is 282 g/mol. The molecule has 0 unspecified atom stereocenters. The van der Waals surface area contributed by atoms with Crippen LogP contribution in [0.3, 0.4) is 0 Å². The highest BCUT2D eigenvalue weighted by Crippen LogP contribution is 2.31. The molecule has 1 saturated heterocycles. The van der Waals surface area contributed by atoms with Gasteiger partial charge in [0.25, 0.3) is 5.69 Å². The summed E-state index contributed by atoms with van der Waals surface area (Å²) >= 11 is 5.63. The van der Waals surface area contributed by atoms with Crippen LogP contribution < -0.4 is 5.73 Å². The van der Waals surface area contributed by atoms with Gasteiger partial charge in [-0.2, -0.15) is 4.31 Å². The van der Waals surface area contributed by atoms with Gasteiger partial charge in [0.15, 0.2) is 4.90 Å². The standard InChI is InChI=1S/C9H10ClN3O4S/c10-6-1-2-9(8(3-6)13(14)15)18(16,17)12-4-7(11)5-12/h1-3,7H,4-5,11H2. The normalized spacial score (nSPS) is 17.4. The van der Waals surface area contributed by atoms with Crippen molar-refractivity contribution in [3.05, 3.63) is 33.3 Å². The van der Waals surface area contributed by atoms with E-state index in [0.29, 0.717) is 0 Å². The highest BCUT2D eigenvalue weighted by atomic mass is 35.5. The maximum atomic E-state index is 12.1. The average molecular weight is 292 g/mol. The Morgan fingerprint density at radius 1 is 1.44 bits per heavy atom. The minimum atomic E-state index is -3.87.